The van der Waals surface area contributed by atoms with Crippen LogP contribution in [0.1, 0.15) is 25.5 Å². The Bertz CT molecular complexity index is 922. The van der Waals surface area contributed by atoms with Crippen LogP contribution in [0.3, 0.4) is 0 Å². The van der Waals surface area contributed by atoms with Gasteiger partial charge >= 0.3 is 0 Å². The van der Waals surface area contributed by atoms with Gasteiger partial charge in [-0.1, -0.05) is 17.3 Å². The van der Waals surface area contributed by atoms with E-state index in [4.69, 9.17) is 10.3 Å². The SMILES string of the molecule is CC(=O)NC(N)=NCCC[C@@H]1NC(=O)[C@H](Cc2onc3ccccc23)NC1=O. The molecular formula is C18H22N6O4. The van der Waals surface area contributed by atoms with Crippen molar-refractivity contribution >= 4 is 34.6 Å². The van der Waals surface area contributed by atoms with Crippen LogP contribution in [0.25, 0.3) is 10.9 Å². The highest BCUT2D eigenvalue weighted by molar-refractivity contribution is 5.97. The molecule has 0 radical (unpaired) electrons. The molecule has 0 bridgehead atoms. The number of nitrogens with one attached hydrogen (secondary N) is 3. The lowest BCUT2D eigenvalue weighted by Gasteiger charge is -2.29. The molecule has 3 rings (SSSR count). The number of nitrogens with two attached hydrogens (primary N) is 1. The Morgan fingerprint density at radius 2 is 1.96 bits per heavy atom. The number of carbonyl (C=O) groups is 3. The summed E-state index contributed by atoms with van der Waals surface area (Å²) in [5, 5.41) is 12.6. The van der Waals surface area contributed by atoms with Gasteiger partial charge in [0.1, 0.15) is 23.4 Å². The van der Waals surface area contributed by atoms with Crippen molar-refractivity contribution in [3.8, 4) is 0 Å². The first-order chi connectivity index (χ1) is 13.4. The molecule has 1 aliphatic heterocycles. The van der Waals surface area contributed by atoms with Crippen molar-refractivity contribution in [3.05, 3.63) is 30.0 Å². The minimum absolute atomic E-state index is 0.0315. The maximum absolute atomic E-state index is 12.4. The van der Waals surface area contributed by atoms with Crippen LogP contribution >= 0.6 is 0 Å². The molecule has 28 heavy (non-hydrogen) atoms. The van der Waals surface area contributed by atoms with Gasteiger partial charge in [0.25, 0.3) is 0 Å². The average molecular weight is 386 g/mol. The van der Waals surface area contributed by atoms with E-state index >= 15 is 0 Å². The van der Waals surface area contributed by atoms with E-state index < -0.39 is 12.1 Å². The highest BCUT2D eigenvalue weighted by Gasteiger charge is 2.34. The number of amides is 3. The number of fused-ring (bicyclic) bond motifs is 1. The number of guanidine groups is 1. The largest absolute Gasteiger partial charge is 0.370 e. The summed E-state index contributed by atoms with van der Waals surface area (Å²) in [7, 11) is 0. The maximum atomic E-state index is 12.4. The summed E-state index contributed by atoms with van der Waals surface area (Å²) in [5.74, 6) is -0.245. The molecule has 1 aliphatic rings. The lowest BCUT2D eigenvalue weighted by molar-refractivity contribution is -0.137. The first kappa shape index (κ1) is 19.3. The van der Waals surface area contributed by atoms with Gasteiger partial charge in [0.05, 0.1) is 0 Å². The molecule has 0 spiro atoms. The number of aliphatic imine (C=N–C) groups is 1. The maximum Gasteiger partial charge on any atom is 0.243 e. The molecule has 0 saturated carbocycles. The van der Waals surface area contributed by atoms with Crippen LogP contribution in [0.4, 0.5) is 0 Å². The second-order valence-corrected chi connectivity index (χ2v) is 6.54. The van der Waals surface area contributed by atoms with Gasteiger partial charge in [-0.2, -0.15) is 0 Å². The predicted molar refractivity (Wildman–Crippen MR) is 101 cm³/mol. The minimum atomic E-state index is -0.714. The molecule has 2 heterocycles. The van der Waals surface area contributed by atoms with Crippen molar-refractivity contribution < 1.29 is 18.9 Å². The Labute approximate surface area is 160 Å². The molecule has 2 atom stereocenters. The molecule has 3 amide bonds. The number of benzene rings is 1. The first-order valence-corrected chi connectivity index (χ1v) is 8.95. The average Bonchev–Trinajstić information content (AvgIpc) is 3.05. The highest BCUT2D eigenvalue weighted by Crippen LogP contribution is 2.20. The summed E-state index contributed by atoms with van der Waals surface area (Å²) in [4.78, 5) is 39.6. The first-order valence-electron chi connectivity index (χ1n) is 8.95. The monoisotopic (exact) mass is 386 g/mol. The summed E-state index contributed by atoms with van der Waals surface area (Å²) >= 11 is 0. The van der Waals surface area contributed by atoms with Crippen molar-refractivity contribution in [1.29, 1.82) is 0 Å². The van der Waals surface area contributed by atoms with E-state index in [1.54, 1.807) is 0 Å². The lowest BCUT2D eigenvalue weighted by atomic mass is 10.0. The number of hydrogen-bond donors (Lipinski definition) is 4. The number of rotatable bonds is 6. The van der Waals surface area contributed by atoms with Crippen molar-refractivity contribution in [2.45, 2.75) is 38.3 Å². The van der Waals surface area contributed by atoms with Gasteiger partial charge < -0.3 is 20.9 Å². The standard InChI is InChI=1S/C18H22N6O4/c1-10(25)21-18(19)20-8-4-7-13-16(26)23-14(17(27)22-13)9-15-11-5-2-3-6-12(11)24-28-15/h2-3,5-6,13-14H,4,7-9H2,1H3,(H,22,27)(H,23,26)(H3,19,20,21,25)/t13-,14-/m0/s1. The van der Waals surface area contributed by atoms with E-state index in [0.717, 1.165) is 5.39 Å². The van der Waals surface area contributed by atoms with Crippen molar-refractivity contribution in [3.63, 3.8) is 0 Å². The van der Waals surface area contributed by atoms with Gasteiger partial charge in [-0.05, 0) is 25.0 Å². The van der Waals surface area contributed by atoms with Crippen LogP contribution in [-0.4, -0.2) is 47.5 Å². The van der Waals surface area contributed by atoms with E-state index in [1.165, 1.54) is 6.92 Å². The van der Waals surface area contributed by atoms with E-state index in [2.05, 4.69) is 26.1 Å². The zero-order valence-electron chi connectivity index (χ0n) is 15.4. The van der Waals surface area contributed by atoms with Crippen molar-refractivity contribution in [2.24, 2.45) is 10.7 Å². The Hall–Kier alpha value is -3.43. The van der Waals surface area contributed by atoms with Gasteiger partial charge in [-0.15, -0.1) is 0 Å². The van der Waals surface area contributed by atoms with E-state index in [1.807, 2.05) is 24.3 Å². The molecule has 1 aromatic carbocycles. The van der Waals surface area contributed by atoms with E-state index in [-0.39, 0.29) is 30.1 Å². The number of piperazine rings is 1. The molecule has 5 N–H and O–H groups in total. The summed E-state index contributed by atoms with van der Waals surface area (Å²) in [5.41, 5.74) is 6.23. The number of nitrogens with zero attached hydrogens (tertiary/aromatic N) is 2. The Morgan fingerprint density at radius 1 is 1.25 bits per heavy atom. The van der Waals surface area contributed by atoms with Crippen LogP contribution in [0.15, 0.2) is 33.8 Å². The molecule has 1 aromatic heterocycles. The third kappa shape index (κ3) is 4.64. The topological polar surface area (TPSA) is 152 Å². The predicted octanol–water partition coefficient (Wildman–Crippen LogP) is -0.415. The second kappa shape index (κ2) is 8.51. The van der Waals surface area contributed by atoms with Crippen molar-refractivity contribution in [2.75, 3.05) is 6.54 Å². The highest BCUT2D eigenvalue weighted by atomic mass is 16.5. The van der Waals surface area contributed by atoms with Crippen molar-refractivity contribution in [1.82, 2.24) is 21.1 Å². The molecule has 2 aromatic rings. The lowest BCUT2D eigenvalue weighted by Crippen LogP contribution is -2.62. The third-order valence-electron chi connectivity index (χ3n) is 4.35. The van der Waals surface area contributed by atoms with Gasteiger partial charge in [-0.3, -0.25) is 24.7 Å². The van der Waals surface area contributed by atoms with E-state index in [0.29, 0.717) is 30.7 Å². The fraction of sp³-hybridized carbons (Fsp3) is 0.389. The molecular weight excluding hydrogens is 364 g/mol. The molecule has 148 valence electrons. The molecule has 1 fully saturated rings. The van der Waals surface area contributed by atoms with Gasteiger partial charge in [-0.25, -0.2) is 0 Å². The number of carbonyl (C=O) groups excluding carboxylic acids is 3. The fourth-order valence-electron chi connectivity index (χ4n) is 3.01. The number of hydrogen-bond acceptors (Lipinski definition) is 6. The summed E-state index contributed by atoms with van der Waals surface area (Å²) in [6.45, 7) is 1.67. The summed E-state index contributed by atoms with van der Waals surface area (Å²) in [6.07, 6.45) is 1.16. The zero-order valence-corrected chi connectivity index (χ0v) is 15.4. The summed E-state index contributed by atoms with van der Waals surface area (Å²) in [6, 6.07) is 6.04. The normalized spacial score (nSPS) is 20.0. The molecule has 0 aliphatic carbocycles. The Balaban J connectivity index is 1.52. The van der Waals surface area contributed by atoms with Gasteiger partial charge in [0.2, 0.25) is 17.7 Å². The Morgan fingerprint density at radius 3 is 2.75 bits per heavy atom. The van der Waals surface area contributed by atoms with Crippen LogP contribution < -0.4 is 21.7 Å². The zero-order chi connectivity index (χ0) is 20.1. The van der Waals surface area contributed by atoms with Gasteiger partial charge in [0, 0.05) is 25.3 Å². The van der Waals surface area contributed by atoms with Crippen LogP contribution in [0, 0.1) is 0 Å². The van der Waals surface area contributed by atoms with Gasteiger partial charge in [0.15, 0.2) is 5.96 Å². The Kier molecular flexibility index (Phi) is 5.87. The quantitative estimate of drug-likeness (QED) is 0.301. The van der Waals surface area contributed by atoms with Crippen LogP contribution in [-0.2, 0) is 20.8 Å². The second-order valence-electron chi connectivity index (χ2n) is 6.54. The summed E-state index contributed by atoms with van der Waals surface area (Å²) < 4.78 is 5.32. The van der Waals surface area contributed by atoms with Crippen LogP contribution in [0.2, 0.25) is 0 Å². The minimum Gasteiger partial charge on any atom is -0.370 e. The van der Waals surface area contributed by atoms with E-state index in [9.17, 15) is 14.4 Å². The van der Waals surface area contributed by atoms with Crippen LogP contribution in [0.5, 0.6) is 0 Å². The molecule has 0 unspecified atom stereocenters. The third-order valence-corrected chi connectivity index (χ3v) is 4.35. The smallest absolute Gasteiger partial charge is 0.243 e. The fourth-order valence-corrected chi connectivity index (χ4v) is 3.01. The molecule has 10 heteroatoms. The number of aromatic nitrogens is 1. The molecule has 1 saturated heterocycles. The molecule has 10 nitrogen and oxygen atoms in total.